The molecule has 2 rings (SSSR count). The molecule has 0 spiro atoms. The first-order valence-electron chi connectivity index (χ1n) is 5.59. The van der Waals surface area contributed by atoms with E-state index >= 15 is 0 Å². The van der Waals surface area contributed by atoms with Gasteiger partial charge in [0.1, 0.15) is 0 Å². The summed E-state index contributed by atoms with van der Waals surface area (Å²) in [6.07, 6.45) is -0.774. The predicted molar refractivity (Wildman–Crippen MR) is 71.7 cm³/mol. The van der Waals surface area contributed by atoms with E-state index in [1.807, 2.05) is 0 Å². The molecule has 3 atom stereocenters. The molecule has 3 N–H and O–H groups in total. The van der Waals surface area contributed by atoms with Gasteiger partial charge in [0.15, 0.2) is 0 Å². The Hall–Kier alpha value is -0.620. The van der Waals surface area contributed by atoms with Crippen LogP contribution in [0.5, 0.6) is 0 Å². The largest absolute Gasteiger partial charge is 0.390 e. The molecule has 98 valence electrons. The molecule has 0 aliphatic heterocycles. The summed E-state index contributed by atoms with van der Waals surface area (Å²) < 4.78 is 0.617. The van der Waals surface area contributed by atoms with Crippen molar-refractivity contribution in [2.24, 2.45) is 0 Å². The standard InChI is InChI=1S/C12H13BrClNO3/c13-9-3-6(14)1-2-8(9)12(18)15-7-4-10(16)11(17)5-7/h1-3,7,10-11,16-17H,4-5H2,(H,15,18)/t7?,10-,11+. The van der Waals surface area contributed by atoms with E-state index in [0.717, 1.165) is 0 Å². The van der Waals surface area contributed by atoms with Gasteiger partial charge in [-0.25, -0.2) is 0 Å². The van der Waals surface area contributed by atoms with Crippen LogP contribution in [0.25, 0.3) is 0 Å². The van der Waals surface area contributed by atoms with Gasteiger partial charge in [-0.05, 0) is 47.0 Å². The van der Waals surface area contributed by atoms with E-state index in [-0.39, 0.29) is 11.9 Å². The van der Waals surface area contributed by atoms with Crippen molar-refractivity contribution in [2.75, 3.05) is 0 Å². The monoisotopic (exact) mass is 333 g/mol. The molecule has 0 aromatic heterocycles. The van der Waals surface area contributed by atoms with Crippen LogP contribution in [0.1, 0.15) is 23.2 Å². The van der Waals surface area contributed by atoms with Crippen molar-refractivity contribution in [3.8, 4) is 0 Å². The van der Waals surface area contributed by atoms with Crippen LogP contribution in [0.4, 0.5) is 0 Å². The van der Waals surface area contributed by atoms with Gasteiger partial charge in [0.2, 0.25) is 0 Å². The maximum atomic E-state index is 12.0. The minimum Gasteiger partial charge on any atom is -0.390 e. The highest BCUT2D eigenvalue weighted by molar-refractivity contribution is 9.10. The molecule has 18 heavy (non-hydrogen) atoms. The summed E-state index contributed by atoms with van der Waals surface area (Å²) in [6.45, 7) is 0. The number of aliphatic hydroxyl groups excluding tert-OH is 2. The molecular weight excluding hydrogens is 321 g/mol. The van der Waals surface area contributed by atoms with Crippen LogP contribution in [0, 0.1) is 0 Å². The second-order valence-corrected chi connectivity index (χ2v) is 5.69. The molecule has 1 saturated carbocycles. The lowest BCUT2D eigenvalue weighted by atomic mass is 10.2. The van der Waals surface area contributed by atoms with Gasteiger partial charge in [0.05, 0.1) is 17.8 Å². The quantitative estimate of drug-likeness (QED) is 0.771. The van der Waals surface area contributed by atoms with Crippen LogP contribution < -0.4 is 5.32 Å². The van der Waals surface area contributed by atoms with Crippen molar-refractivity contribution >= 4 is 33.4 Å². The summed E-state index contributed by atoms with van der Waals surface area (Å²) >= 11 is 9.08. The zero-order chi connectivity index (χ0) is 13.3. The third-order valence-corrected chi connectivity index (χ3v) is 3.90. The Balaban J connectivity index is 2.04. The smallest absolute Gasteiger partial charge is 0.252 e. The SMILES string of the molecule is O=C(NC1C[C@@H](O)[C@@H](O)C1)c1ccc(Cl)cc1Br. The topological polar surface area (TPSA) is 69.6 Å². The summed E-state index contributed by atoms with van der Waals surface area (Å²) in [5.74, 6) is -0.246. The lowest BCUT2D eigenvalue weighted by molar-refractivity contribution is 0.0438. The Bertz CT molecular complexity index is 459. The fraction of sp³-hybridized carbons (Fsp3) is 0.417. The van der Waals surface area contributed by atoms with E-state index in [2.05, 4.69) is 21.2 Å². The van der Waals surface area contributed by atoms with Crippen LogP contribution >= 0.6 is 27.5 Å². The Morgan fingerprint density at radius 2 is 1.94 bits per heavy atom. The van der Waals surface area contributed by atoms with E-state index in [1.165, 1.54) is 0 Å². The van der Waals surface area contributed by atoms with Crippen LogP contribution in [0.15, 0.2) is 22.7 Å². The molecule has 1 aliphatic carbocycles. The first-order chi connectivity index (χ1) is 8.47. The summed E-state index contributed by atoms with van der Waals surface area (Å²) in [6, 6.07) is 4.71. The van der Waals surface area contributed by atoms with Crippen molar-refractivity contribution < 1.29 is 15.0 Å². The summed E-state index contributed by atoms with van der Waals surface area (Å²) in [4.78, 5) is 12.0. The van der Waals surface area contributed by atoms with E-state index in [1.54, 1.807) is 18.2 Å². The molecule has 0 saturated heterocycles. The Morgan fingerprint density at radius 3 is 2.50 bits per heavy atom. The number of carbonyl (C=O) groups excluding carboxylic acids is 1. The van der Waals surface area contributed by atoms with Gasteiger partial charge in [-0.3, -0.25) is 4.79 Å². The predicted octanol–water partition coefficient (Wildman–Crippen LogP) is 1.72. The number of rotatable bonds is 2. The van der Waals surface area contributed by atoms with Gasteiger partial charge < -0.3 is 15.5 Å². The highest BCUT2D eigenvalue weighted by Crippen LogP contribution is 2.23. The van der Waals surface area contributed by atoms with Crippen molar-refractivity contribution in [1.82, 2.24) is 5.32 Å². The number of halogens is 2. The van der Waals surface area contributed by atoms with Gasteiger partial charge in [0.25, 0.3) is 5.91 Å². The second-order valence-electron chi connectivity index (χ2n) is 4.40. The van der Waals surface area contributed by atoms with Crippen molar-refractivity contribution in [1.29, 1.82) is 0 Å². The molecule has 4 nitrogen and oxygen atoms in total. The lowest BCUT2D eigenvalue weighted by Gasteiger charge is -2.13. The maximum Gasteiger partial charge on any atom is 0.252 e. The molecule has 6 heteroatoms. The Kier molecular flexibility index (Phi) is 4.27. The fourth-order valence-corrected chi connectivity index (χ4v) is 2.91. The average Bonchev–Trinajstić information content (AvgIpc) is 2.57. The van der Waals surface area contributed by atoms with Crippen molar-refractivity contribution in [2.45, 2.75) is 31.1 Å². The zero-order valence-electron chi connectivity index (χ0n) is 9.44. The lowest BCUT2D eigenvalue weighted by Crippen LogP contribution is -2.33. The third kappa shape index (κ3) is 3.03. The van der Waals surface area contributed by atoms with E-state index in [0.29, 0.717) is 27.9 Å². The summed E-state index contributed by atoms with van der Waals surface area (Å²) in [7, 11) is 0. The number of amides is 1. The van der Waals surface area contributed by atoms with E-state index in [4.69, 9.17) is 11.6 Å². The molecule has 1 fully saturated rings. The highest BCUT2D eigenvalue weighted by Gasteiger charge is 2.32. The van der Waals surface area contributed by atoms with Crippen LogP contribution in [0.3, 0.4) is 0 Å². The van der Waals surface area contributed by atoms with Gasteiger partial charge >= 0.3 is 0 Å². The molecule has 0 radical (unpaired) electrons. The fourth-order valence-electron chi connectivity index (χ4n) is 2.05. The molecular formula is C12H13BrClNO3. The van der Waals surface area contributed by atoms with Crippen molar-refractivity contribution in [3.05, 3.63) is 33.3 Å². The first kappa shape index (κ1) is 13.8. The van der Waals surface area contributed by atoms with Crippen LogP contribution in [-0.2, 0) is 0 Å². The second kappa shape index (κ2) is 5.57. The van der Waals surface area contributed by atoms with Crippen molar-refractivity contribution in [3.63, 3.8) is 0 Å². The first-order valence-corrected chi connectivity index (χ1v) is 6.76. The third-order valence-electron chi connectivity index (χ3n) is 3.01. The molecule has 1 aromatic rings. The molecule has 1 aliphatic rings. The number of benzene rings is 1. The molecule has 1 unspecified atom stereocenters. The Morgan fingerprint density at radius 1 is 1.33 bits per heavy atom. The minimum absolute atomic E-state index is 0.204. The van der Waals surface area contributed by atoms with Gasteiger partial charge in [-0.1, -0.05) is 11.6 Å². The number of nitrogens with one attached hydrogen (secondary N) is 1. The molecule has 1 amide bonds. The highest BCUT2D eigenvalue weighted by atomic mass is 79.9. The maximum absolute atomic E-state index is 12.0. The number of hydrogen-bond donors (Lipinski definition) is 3. The molecule has 0 bridgehead atoms. The summed E-state index contributed by atoms with van der Waals surface area (Å²) in [5, 5.41) is 22.2. The summed E-state index contributed by atoms with van der Waals surface area (Å²) in [5.41, 5.74) is 0.482. The van der Waals surface area contributed by atoms with Crippen LogP contribution in [-0.4, -0.2) is 34.4 Å². The van der Waals surface area contributed by atoms with Gasteiger partial charge in [-0.2, -0.15) is 0 Å². The van der Waals surface area contributed by atoms with E-state index in [9.17, 15) is 15.0 Å². The number of aliphatic hydroxyl groups is 2. The van der Waals surface area contributed by atoms with Gasteiger partial charge in [0, 0.05) is 15.5 Å². The van der Waals surface area contributed by atoms with E-state index < -0.39 is 12.2 Å². The minimum atomic E-state index is -0.760. The Labute approximate surface area is 118 Å². The molecule has 0 heterocycles. The zero-order valence-corrected chi connectivity index (χ0v) is 11.8. The normalized spacial score (nSPS) is 27.2. The molecule has 1 aromatic carbocycles. The van der Waals surface area contributed by atoms with Gasteiger partial charge in [-0.15, -0.1) is 0 Å². The number of hydrogen-bond acceptors (Lipinski definition) is 3. The average molecular weight is 335 g/mol. The number of carbonyl (C=O) groups is 1. The van der Waals surface area contributed by atoms with Crippen LogP contribution in [0.2, 0.25) is 5.02 Å².